The minimum absolute atomic E-state index is 0.198. The van der Waals surface area contributed by atoms with Gasteiger partial charge in [0.25, 0.3) is 0 Å². The van der Waals surface area contributed by atoms with E-state index in [0.717, 1.165) is 19.4 Å². The van der Waals surface area contributed by atoms with Crippen molar-refractivity contribution in [3.8, 4) is 0 Å². The zero-order valence-corrected chi connectivity index (χ0v) is 12.4. The van der Waals surface area contributed by atoms with Crippen molar-refractivity contribution in [3.05, 3.63) is 0 Å². The quantitative estimate of drug-likeness (QED) is 0.721. The van der Waals surface area contributed by atoms with Crippen LogP contribution in [0.2, 0.25) is 0 Å². The first kappa shape index (κ1) is 14.7. The second kappa shape index (κ2) is 5.99. The Morgan fingerprint density at radius 2 is 1.59 bits per heavy atom. The molecule has 0 saturated carbocycles. The lowest BCUT2D eigenvalue weighted by atomic mass is 9.81. The third kappa shape index (κ3) is 5.67. The third-order valence-corrected chi connectivity index (χ3v) is 3.32. The fourth-order valence-corrected chi connectivity index (χ4v) is 2.97. The molecule has 1 saturated heterocycles. The number of rotatable bonds is 5. The van der Waals surface area contributed by atoms with Gasteiger partial charge in [-0.05, 0) is 34.1 Å². The van der Waals surface area contributed by atoms with Crippen LogP contribution in [0, 0.1) is 0 Å². The highest BCUT2D eigenvalue weighted by atomic mass is 15.1. The summed E-state index contributed by atoms with van der Waals surface area (Å²) in [5, 5.41) is 3.69. The summed E-state index contributed by atoms with van der Waals surface area (Å²) in [7, 11) is 0. The van der Waals surface area contributed by atoms with Crippen LogP contribution in [0.25, 0.3) is 0 Å². The van der Waals surface area contributed by atoms with E-state index in [1.54, 1.807) is 0 Å². The van der Waals surface area contributed by atoms with Gasteiger partial charge in [-0.2, -0.15) is 0 Å². The summed E-state index contributed by atoms with van der Waals surface area (Å²) in [4.78, 5) is 4.82. The topological polar surface area (TPSA) is 24.4 Å². The molecule has 1 fully saturated rings. The van der Waals surface area contributed by atoms with Crippen LogP contribution in [0.5, 0.6) is 0 Å². The lowest BCUT2D eigenvalue weighted by Crippen LogP contribution is -2.58. The molecule has 0 aromatic rings. The van der Waals surface area contributed by atoms with E-state index in [1.165, 1.54) is 31.4 Å². The summed E-state index contributed by atoms with van der Waals surface area (Å²) >= 11 is 0. The largest absolute Gasteiger partial charge is 0.306 e. The monoisotopic (exact) mass is 238 g/mol. The number of hydrogen-bond acceptors (Lipinski definition) is 2. The van der Waals surface area contributed by atoms with E-state index in [9.17, 15) is 0 Å². The maximum Gasteiger partial charge on any atom is 0.0388 e. The summed E-state index contributed by atoms with van der Waals surface area (Å²) in [5.41, 5.74) is 1.81. The van der Waals surface area contributed by atoms with E-state index in [2.05, 4.69) is 39.9 Å². The smallest absolute Gasteiger partial charge is 0.0388 e. The third-order valence-electron chi connectivity index (χ3n) is 3.32. The molecule has 0 spiro atoms. The van der Waals surface area contributed by atoms with Gasteiger partial charge in [-0.1, -0.05) is 26.2 Å². The Labute approximate surface area is 107 Å². The Morgan fingerprint density at radius 1 is 1.00 bits per heavy atom. The van der Waals surface area contributed by atoms with Gasteiger partial charge in [-0.25, -0.2) is 0 Å². The lowest BCUT2D eigenvalue weighted by Gasteiger charge is -2.43. The first-order valence-electron chi connectivity index (χ1n) is 7.16. The molecule has 1 heterocycles. The molecule has 1 aliphatic rings. The molecule has 100 valence electrons. The van der Waals surface area contributed by atoms with Crippen molar-refractivity contribution >= 4 is 5.71 Å². The first-order chi connectivity index (χ1) is 7.85. The summed E-state index contributed by atoms with van der Waals surface area (Å²) in [6.07, 6.45) is 7.45. The molecule has 0 aromatic heterocycles. The number of nitrogens with zero attached hydrogens (tertiary/aromatic N) is 1. The van der Waals surface area contributed by atoms with Crippen LogP contribution in [0.4, 0.5) is 0 Å². The van der Waals surface area contributed by atoms with Gasteiger partial charge in [0.05, 0.1) is 0 Å². The Morgan fingerprint density at radius 3 is 2.12 bits per heavy atom. The molecule has 0 amide bonds. The first-order valence-corrected chi connectivity index (χ1v) is 7.16. The summed E-state index contributed by atoms with van der Waals surface area (Å²) in [6, 6.07) is 0. The molecule has 1 aliphatic heterocycles. The number of aliphatic imine (C=N–C) groups is 1. The van der Waals surface area contributed by atoms with Gasteiger partial charge < -0.3 is 5.32 Å². The number of hydrogen-bond donors (Lipinski definition) is 1. The normalized spacial score (nSPS) is 22.5. The highest BCUT2D eigenvalue weighted by molar-refractivity contribution is 5.87. The van der Waals surface area contributed by atoms with Crippen molar-refractivity contribution in [2.24, 2.45) is 4.99 Å². The van der Waals surface area contributed by atoms with E-state index < -0.39 is 0 Å². The zero-order valence-electron chi connectivity index (χ0n) is 12.4. The summed E-state index contributed by atoms with van der Waals surface area (Å²) < 4.78 is 0. The van der Waals surface area contributed by atoms with Gasteiger partial charge in [0, 0.05) is 36.2 Å². The zero-order chi connectivity index (χ0) is 12.9. The number of nitrogens with one attached hydrogen (secondary N) is 1. The van der Waals surface area contributed by atoms with E-state index in [0.29, 0.717) is 0 Å². The molecule has 2 nitrogen and oxygen atoms in total. The Kier molecular flexibility index (Phi) is 5.18. The molecule has 0 aliphatic carbocycles. The van der Waals surface area contributed by atoms with Gasteiger partial charge in [0.1, 0.15) is 0 Å². The van der Waals surface area contributed by atoms with Gasteiger partial charge in [-0.3, -0.25) is 4.99 Å². The van der Waals surface area contributed by atoms with Crippen LogP contribution >= 0.6 is 0 Å². The molecular formula is C15H30N2. The minimum atomic E-state index is 0.198. The van der Waals surface area contributed by atoms with Crippen LogP contribution < -0.4 is 5.32 Å². The van der Waals surface area contributed by atoms with Crippen LogP contribution in [0.15, 0.2) is 4.99 Å². The molecule has 0 radical (unpaired) electrons. The van der Waals surface area contributed by atoms with Gasteiger partial charge in [-0.15, -0.1) is 0 Å². The molecule has 0 aromatic carbocycles. The standard InChI is InChI=1S/C15H30N2/c1-6-7-8-9-10-16-13-11-14(2,3)17-15(4,5)12-13/h17H,6-12H2,1-5H3. The van der Waals surface area contributed by atoms with Crippen molar-refractivity contribution in [3.63, 3.8) is 0 Å². The van der Waals surface area contributed by atoms with Crippen LogP contribution in [-0.2, 0) is 0 Å². The minimum Gasteiger partial charge on any atom is -0.306 e. The van der Waals surface area contributed by atoms with Crippen molar-refractivity contribution in [2.75, 3.05) is 6.54 Å². The molecule has 2 heteroatoms. The second-order valence-electron chi connectivity index (χ2n) is 6.75. The molecular weight excluding hydrogens is 208 g/mol. The fraction of sp³-hybridized carbons (Fsp3) is 0.933. The SMILES string of the molecule is CCCCCCN=C1CC(C)(C)NC(C)(C)C1. The van der Waals surface area contributed by atoms with E-state index in [-0.39, 0.29) is 11.1 Å². The van der Waals surface area contributed by atoms with E-state index in [4.69, 9.17) is 4.99 Å². The average Bonchev–Trinajstić information content (AvgIpc) is 2.12. The van der Waals surface area contributed by atoms with Crippen LogP contribution in [0.1, 0.15) is 73.1 Å². The Bertz CT molecular complexity index is 246. The van der Waals surface area contributed by atoms with Crippen molar-refractivity contribution in [1.82, 2.24) is 5.32 Å². The Hall–Kier alpha value is -0.370. The highest BCUT2D eigenvalue weighted by Gasteiger charge is 2.35. The molecule has 1 N–H and O–H groups in total. The van der Waals surface area contributed by atoms with Crippen molar-refractivity contribution < 1.29 is 0 Å². The van der Waals surface area contributed by atoms with E-state index in [1.807, 2.05) is 0 Å². The molecule has 17 heavy (non-hydrogen) atoms. The van der Waals surface area contributed by atoms with Crippen molar-refractivity contribution in [1.29, 1.82) is 0 Å². The van der Waals surface area contributed by atoms with Gasteiger partial charge in [0.15, 0.2) is 0 Å². The summed E-state index contributed by atoms with van der Waals surface area (Å²) in [5.74, 6) is 0. The lowest BCUT2D eigenvalue weighted by molar-refractivity contribution is 0.252. The maximum absolute atomic E-state index is 4.82. The summed E-state index contributed by atoms with van der Waals surface area (Å²) in [6.45, 7) is 12.4. The number of unbranched alkanes of at least 4 members (excludes halogenated alkanes) is 3. The maximum atomic E-state index is 4.82. The molecule has 0 bridgehead atoms. The average molecular weight is 238 g/mol. The second-order valence-corrected chi connectivity index (χ2v) is 6.75. The van der Waals surface area contributed by atoms with Crippen LogP contribution in [-0.4, -0.2) is 23.3 Å². The number of piperidine rings is 1. The Balaban J connectivity index is 2.44. The van der Waals surface area contributed by atoms with Gasteiger partial charge in [0.2, 0.25) is 0 Å². The molecule has 0 unspecified atom stereocenters. The van der Waals surface area contributed by atoms with Crippen molar-refractivity contribution in [2.45, 2.75) is 84.2 Å². The predicted molar refractivity (Wildman–Crippen MR) is 77.0 cm³/mol. The highest BCUT2D eigenvalue weighted by Crippen LogP contribution is 2.26. The predicted octanol–water partition coefficient (Wildman–Crippen LogP) is 3.95. The van der Waals surface area contributed by atoms with E-state index >= 15 is 0 Å². The molecule has 0 atom stereocenters. The fourth-order valence-electron chi connectivity index (χ4n) is 2.97. The van der Waals surface area contributed by atoms with Gasteiger partial charge >= 0.3 is 0 Å². The molecule has 1 rings (SSSR count). The van der Waals surface area contributed by atoms with Crippen LogP contribution in [0.3, 0.4) is 0 Å².